The van der Waals surface area contributed by atoms with Crippen LogP contribution in [0.4, 0.5) is 0 Å². The van der Waals surface area contributed by atoms with E-state index in [0.717, 1.165) is 16.5 Å². The van der Waals surface area contributed by atoms with E-state index >= 15 is 0 Å². The number of benzene rings is 2. The first-order valence-corrected chi connectivity index (χ1v) is 9.00. The molecule has 20 heavy (non-hydrogen) atoms. The van der Waals surface area contributed by atoms with Crippen molar-refractivity contribution in [2.24, 2.45) is 5.92 Å². The van der Waals surface area contributed by atoms with Gasteiger partial charge in [0.1, 0.15) is 5.75 Å². The fraction of sp³-hybridized carbons (Fsp3) is 0.333. The summed E-state index contributed by atoms with van der Waals surface area (Å²) in [6.07, 6.45) is 0.705. The molecule has 0 radical (unpaired) electrons. The van der Waals surface area contributed by atoms with Crippen LogP contribution < -0.4 is 4.74 Å². The summed E-state index contributed by atoms with van der Waals surface area (Å²) >= 11 is 0. The van der Waals surface area contributed by atoms with E-state index in [1.54, 1.807) is 0 Å². The van der Waals surface area contributed by atoms with Crippen LogP contribution in [0, 0.1) is 5.92 Å². The van der Waals surface area contributed by atoms with Gasteiger partial charge in [0.05, 0.1) is 12.4 Å². The summed E-state index contributed by atoms with van der Waals surface area (Å²) in [6, 6.07) is 13.8. The molecule has 0 aliphatic heterocycles. The van der Waals surface area contributed by atoms with E-state index in [4.69, 9.17) is 15.4 Å². The van der Waals surface area contributed by atoms with Crippen molar-refractivity contribution in [3.63, 3.8) is 0 Å². The Labute approximate surface area is 123 Å². The first kappa shape index (κ1) is 15.1. The van der Waals surface area contributed by atoms with Crippen molar-refractivity contribution in [1.29, 1.82) is 0 Å². The van der Waals surface area contributed by atoms with Crippen LogP contribution in [0.25, 0.3) is 10.8 Å². The van der Waals surface area contributed by atoms with Gasteiger partial charge in [0.25, 0.3) is 0 Å². The summed E-state index contributed by atoms with van der Waals surface area (Å²) in [5.74, 6) is 0.612. The molecule has 0 spiro atoms. The van der Waals surface area contributed by atoms with Gasteiger partial charge >= 0.3 is 0 Å². The van der Waals surface area contributed by atoms with E-state index in [2.05, 4.69) is 0 Å². The Balaban J connectivity index is 2.12. The second-order valence-electron chi connectivity index (χ2n) is 4.77. The molecule has 0 aliphatic carbocycles. The Hall–Kier alpha value is -1.26. The molecular formula is C15H17ClO3S. The van der Waals surface area contributed by atoms with Crippen LogP contribution in [0.2, 0.25) is 0 Å². The third kappa shape index (κ3) is 4.12. The van der Waals surface area contributed by atoms with E-state index in [1.165, 1.54) is 0 Å². The van der Waals surface area contributed by atoms with E-state index in [0.29, 0.717) is 13.0 Å². The van der Waals surface area contributed by atoms with Crippen molar-refractivity contribution in [2.45, 2.75) is 13.3 Å². The molecule has 2 rings (SSSR count). The summed E-state index contributed by atoms with van der Waals surface area (Å²) in [7, 11) is 1.81. The van der Waals surface area contributed by atoms with Gasteiger partial charge < -0.3 is 4.74 Å². The minimum atomic E-state index is -3.49. The molecule has 3 nitrogen and oxygen atoms in total. The molecule has 0 fully saturated rings. The SMILES string of the molecule is CCC(COc1cccc2ccccc12)CS(=O)(=O)Cl. The Bertz CT molecular complexity index is 677. The molecule has 1 unspecified atom stereocenters. The Kier molecular flexibility index (Phi) is 4.89. The molecule has 0 amide bonds. The van der Waals surface area contributed by atoms with E-state index in [9.17, 15) is 8.42 Å². The lowest BCUT2D eigenvalue weighted by molar-refractivity contribution is 0.260. The minimum Gasteiger partial charge on any atom is -0.493 e. The van der Waals surface area contributed by atoms with E-state index in [1.807, 2.05) is 49.4 Å². The predicted octanol–water partition coefficient (Wildman–Crippen LogP) is 3.81. The molecule has 5 heteroatoms. The molecule has 0 bridgehead atoms. The molecular weight excluding hydrogens is 296 g/mol. The van der Waals surface area contributed by atoms with Crippen LogP contribution in [0.15, 0.2) is 42.5 Å². The van der Waals surface area contributed by atoms with Crippen LogP contribution in [0.1, 0.15) is 13.3 Å². The molecule has 0 aliphatic rings. The highest BCUT2D eigenvalue weighted by molar-refractivity contribution is 8.13. The van der Waals surface area contributed by atoms with Gasteiger partial charge in [-0.2, -0.15) is 0 Å². The standard InChI is InChI=1S/C15H17ClO3S/c1-2-12(11-20(16,17)18)10-19-15-9-5-7-13-6-3-4-8-14(13)15/h3-9,12H,2,10-11H2,1H3. The van der Waals surface area contributed by atoms with Crippen LogP contribution >= 0.6 is 10.7 Å². The van der Waals surface area contributed by atoms with E-state index in [-0.39, 0.29) is 11.7 Å². The summed E-state index contributed by atoms with van der Waals surface area (Å²) < 4.78 is 28.1. The van der Waals surface area contributed by atoms with Crippen LogP contribution in [0.3, 0.4) is 0 Å². The number of hydrogen-bond donors (Lipinski definition) is 0. The van der Waals surface area contributed by atoms with Gasteiger partial charge in [0.15, 0.2) is 0 Å². The molecule has 0 saturated heterocycles. The van der Waals surface area contributed by atoms with Crippen molar-refractivity contribution in [2.75, 3.05) is 12.4 Å². The van der Waals surface area contributed by atoms with Gasteiger partial charge in [-0.1, -0.05) is 43.3 Å². The highest BCUT2D eigenvalue weighted by atomic mass is 35.7. The number of rotatable bonds is 6. The Morgan fingerprint density at radius 1 is 1.15 bits per heavy atom. The number of ether oxygens (including phenoxy) is 1. The zero-order valence-electron chi connectivity index (χ0n) is 11.3. The quantitative estimate of drug-likeness (QED) is 0.762. The zero-order chi connectivity index (χ0) is 14.6. The molecule has 2 aromatic rings. The maximum absolute atomic E-state index is 11.1. The summed E-state index contributed by atoms with van der Waals surface area (Å²) in [6.45, 7) is 2.27. The van der Waals surface area contributed by atoms with Gasteiger partial charge in [-0.3, -0.25) is 0 Å². The number of halogens is 1. The third-order valence-corrected chi connectivity index (χ3v) is 4.48. The highest BCUT2D eigenvalue weighted by Gasteiger charge is 2.16. The summed E-state index contributed by atoms with van der Waals surface area (Å²) in [5.41, 5.74) is 0. The molecule has 0 aromatic heterocycles. The second-order valence-corrected chi connectivity index (χ2v) is 7.59. The molecule has 2 aromatic carbocycles. The highest BCUT2D eigenvalue weighted by Crippen LogP contribution is 2.26. The average molecular weight is 313 g/mol. The third-order valence-electron chi connectivity index (χ3n) is 3.24. The Morgan fingerprint density at radius 2 is 1.85 bits per heavy atom. The van der Waals surface area contributed by atoms with Gasteiger partial charge in [-0.15, -0.1) is 0 Å². The minimum absolute atomic E-state index is 0.0597. The van der Waals surface area contributed by atoms with E-state index < -0.39 is 9.05 Å². The first-order chi connectivity index (χ1) is 9.49. The average Bonchev–Trinajstić information content (AvgIpc) is 2.42. The normalized spacial score (nSPS) is 13.3. The van der Waals surface area contributed by atoms with Gasteiger partial charge in [-0.25, -0.2) is 8.42 Å². The molecule has 0 heterocycles. The van der Waals surface area contributed by atoms with Crippen molar-refractivity contribution in [1.82, 2.24) is 0 Å². The number of fused-ring (bicyclic) bond motifs is 1. The van der Waals surface area contributed by atoms with Crippen molar-refractivity contribution in [3.8, 4) is 5.75 Å². The first-order valence-electron chi connectivity index (χ1n) is 6.52. The van der Waals surface area contributed by atoms with Crippen LogP contribution in [0.5, 0.6) is 5.75 Å². The van der Waals surface area contributed by atoms with Crippen molar-refractivity contribution >= 4 is 30.5 Å². The molecule has 1 atom stereocenters. The number of hydrogen-bond acceptors (Lipinski definition) is 3. The maximum atomic E-state index is 11.1. The van der Waals surface area contributed by atoms with Crippen molar-refractivity contribution in [3.05, 3.63) is 42.5 Å². The van der Waals surface area contributed by atoms with Crippen LogP contribution in [-0.4, -0.2) is 20.8 Å². The zero-order valence-corrected chi connectivity index (χ0v) is 12.8. The topological polar surface area (TPSA) is 43.4 Å². The van der Waals surface area contributed by atoms with Crippen molar-refractivity contribution < 1.29 is 13.2 Å². The summed E-state index contributed by atoms with van der Waals surface area (Å²) in [5, 5.41) is 2.13. The fourth-order valence-electron chi connectivity index (χ4n) is 2.09. The summed E-state index contributed by atoms with van der Waals surface area (Å²) in [4.78, 5) is 0. The van der Waals surface area contributed by atoms with Crippen LogP contribution in [-0.2, 0) is 9.05 Å². The monoisotopic (exact) mass is 312 g/mol. The second kappa shape index (κ2) is 6.46. The molecule has 0 saturated carbocycles. The fourth-order valence-corrected chi connectivity index (χ4v) is 3.52. The van der Waals surface area contributed by atoms with Gasteiger partial charge in [0, 0.05) is 22.0 Å². The lowest BCUT2D eigenvalue weighted by atomic mass is 10.1. The largest absolute Gasteiger partial charge is 0.493 e. The lowest BCUT2D eigenvalue weighted by Gasteiger charge is -2.15. The maximum Gasteiger partial charge on any atom is 0.232 e. The molecule has 108 valence electrons. The predicted molar refractivity (Wildman–Crippen MR) is 82.9 cm³/mol. The van der Waals surface area contributed by atoms with Gasteiger partial charge in [-0.05, 0) is 17.9 Å². The molecule has 0 N–H and O–H groups in total. The lowest BCUT2D eigenvalue weighted by Crippen LogP contribution is -2.19. The Morgan fingerprint density at radius 3 is 2.55 bits per heavy atom. The smallest absolute Gasteiger partial charge is 0.232 e. The van der Waals surface area contributed by atoms with Gasteiger partial charge in [0.2, 0.25) is 9.05 Å².